The van der Waals surface area contributed by atoms with Gasteiger partial charge in [-0.2, -0.15) is 0 Å². The summed E-state index contributed by atoms with van der Waals surface area (Å²) in [6, 6.07) is 4.08. The molecule has 19 heavy (non-hydrogen) atoms. The molecule has 4 rings (SSSR count). The molecule has 1 saturated carbocycles. The van der Waals surface area contributed by atoms with Crippen LogP contribution in [0.3, 0.4) is 0 Å². The Bertz CT molecular complexity index is 532. The lowest BCUT2D eigenvalue weighted by molar-refractivity contribution is 0.0746. The van der Waals surface area contributed by atoms with E-state index in [1.165, 1.54) is 5.69 Å². The van der Waals surface area contributed by atoms with Crippen LogP contribution >= 0.6 is 0 Å². The molecule has 4 heteroatoms. The maximum Gasteiger partial charge on any atom is 0.270 e. The fraction of sp³-hybridized carbons (Fsp3) is 0.667. The van der Waals surface area contributed by atoms with Gasteiger partial charge in [0.1, 0.15) is 5.69 Å². The van der Waals surface area contributed by atoms with Gasteiger partial charge in [-0.1, -0.05) is 13.8 Å². The zero-order valence-corrected chi connectivity index (χ0v) is 11.6. The number of hydrogen-bond donors (Lipinski definition) is 1. The Kier molecular flexibility index (Phi) is 2.20. The van der Waals surface area contributed by atoms with Gasteiger partial charge in [0.05, 0.1) is 0 Å². The van der Waals surface area contributed by atoms with Crippen molar-refractivity contribution in [2.75, 3.05) is 19.6 Å². The van der Waals surface area contributed by atoms with E-state index >= 15 is 0 Å². The van der Waals surface area contributed by atoms with Crippen molar-refractivity contribution < 1.29 is 4.79 Å². The highest BCUT2D eigenvalue weighted by Crippen LogP contribution is 2.62. The fourth-order valence-corrected chi connectivity index (χ4v) is 3.98. The number of fused-ring (bicyclic) bond motifs is 2. The van der Waals surface area contributed by atoms with Crippen LogP contribution in [0.2, 0.25) is 0 Å². The van der Waals surface area contributed by atoms with Crippen LogP contribution in [0.1, 0.15) is 30.0 Å². The summed E-state index contributed by atoms with van der Waals surface area (Å²) in [7, 11) is 0. The highest BCUT2D eigenvalue weighted by molar-refractivity contribution is 5.93. The average molecular weight is 259 g/mol. The van der Waals surface area contributed by atoms with Crippen molar-refractivity contribution in [2.24, 2.45) is 17.3 Å². The molecule has 1 aromatic rings. The number of carbonyl (C=O) groups excluding carboxylic acids is 1. The molecule has 0 radical (unpaired) electrons. The number of hydrogen-bond acceptors (Lipinski definition) is 2. The second-order valence-corrected chi connectivity index (χ2v) is 6.78. The standard InChI is InChI=1S/C15H21N3O/c1-15(2)11-8-17(9-12(11)15)14(19)13-4-3-10-7-16-5-6-18(10)13/h3-4,11-12,16H,5-9H2,1-2H3. The molecule has 0 aromatic carbocycles. The largest absolute Gasteiger partial charge is 0.338 e. The van der Waals surface area contributed by atoms with Crippen LogP contribution in [0.5, 0.6) is 0 Å². The van der Waals surface area contributed by atoms with Crippen molar-refractivity contribution in [3.63, 3.8) is 0 Å². The third-order valence-corrected chi connectivity index (χ3v) is 5.52. The normalized spacial score (nSPS) is 30.9. The van der Waals surface area contributed by atoms with Crippen LogP contribution in [-0.4, -0.2) is 35.0 Å². The smallest absolute Gasteiger partial charge is 0.270 e. The van der Waals surface area contributed by atoms with Gasteiger partial charge in [0, 0.05) is 38.4 Å². The number of aromatic nitrogens is 1. The van der Waals surface area contributed by atoms with Gasteiger partial charge in [-0.05, 0) is 29.4 Å². The van der Waals surface area contributed by atoms with Crippen molar-refractivity contribution in [3.05, 3.63) is 23.5 Å². The van der Waals surface area contributed by atoms with Gasteiger partial charge >= 0.3 is 0 Å². The number of rotatable bonds is 1. The number of nitrogens with one attached hydrogen (secondary N) is 1. The number of amides is 1. The van der Waals surface area contributed by atoms with E-state index in [4.69, 9.17) is 0 Å². The van der Waals surface area contributed by atoms with Crippen molar-refractivity contribution in [1.82, 2.24) is 14.8 Å². The van der Waals surface area contributed by atoms with Crippen LogP contribution < -0.4 is 5.32 Å². The molecule has 102 valence electrons. The van der Waals surface area contributed by atoms with E-state index in [9.17, 15) is 4.79 Å². The van der Waals surface area contributed by atoms with E-state index in [0.717, 1.165) is 50.3 Å². The summed E-state index contributed by atoms with van der Waals surface area (Å²) in [6.07, 6.45) is 0. The molecule has 4 nitrogen and oxygen atoms in total. The molecule has 0 spiro atoms. The van der Waals surface area contributed by atoms with Gasteiger partial charge < -0.3 is 14.8 Å². The molecule has 2 aliphatic heterocycles. The molecule has 1 N–H and O–H groups in total. The van der Waals surface area contributed by atoms with E-state index in [1.807, 2.05) is 6.07 Å². The maximum atomic E-state index is 12.6. The summed E-state index contributed by atoms with van der Waals surface area (Å²) in [5.74, 6) is 1.69. The molecule has 2 unspecified atom stereocenters. The van der Waals surface area contributed by atoms with Gasteiger partial charge in [-0.15, -0.1) is 0 Å². The zero-order valence-electron chi connectivity index (χ0n) is 11.6. The first-order valence-electron chi connectivity index (χ1n) is 7.27. The summed E-state index contributed by atoms with van der Waals surface area (Å²) in [5, 5.41) is 3.34. The molecule has 2 fully saturated rings. The molecule has 1 aromatic heterocycles. The Morgan fingerprint density at radius 3 is 2.79 bits per heavy atom. The first-order chi connectivity index (χ1) is 9.09. The van der Waals surface area contributed by atoms with E-state index in [2.05, 4.69) is 34.7 Å². The predicted molar refractivity (Wildman–Crippen MR) is 72.8 cm³/mol. The SMILES string of the molecule is CC1(C)C2CN(C(=O)c3ccc4n3CCNC4)CC21. The highest BCUT2D eigenvalue weighted by atomic mass is 16.2. The second-order valence-electron chi connectivity index (χ2n) is 6.78. The van der Waals surface area contributed by atoms with E-state index in [1.54, 1.807) is 0 Å². The molecule has 1 aliphatic carbocycles. The van der Waals surface area contributed by atoms with Crippen LogP contribution in [0, 0.1) is 17.3 Å². The minimum atomic E-state index is 0.233. The lowest BCUT2D eigenvalue weighted by atomic mass is 10.1. The second kappa shape index (κ2) is 3.63. The number of nitrogens with zero attached hydrogens (tertiary/aromatic N) is 2. The molecular formula is C15H21N3O. The van der Waals surface area contributed by atoms with Crippen molar-refractivity contribution in [1.29, 1.82) is 0 Å². The van der Waals surface area contributed by atoms with Crippen LogP contribution in [-0.2, 0) is 13.1 Å². The molecule has 1 saturated heterocycles. The molecular weight excluding hydrogens is 238 g/mol. The average Bonchev–Trinajstić information content (AvgIpc) is 2.89. The zero-order chi connectivity index (χ0) is 13.2. The van der Waals surface area contributed by atoms with E-state index < -0.39 is 0 Å². The van der Waals surface area contributed by atoms with Crippen molar-refractivity contribution in [2.45, 2.75) is 26.9 Å². The Balaban J connectivity index is 1.55. The summed E-state index contributed by atoms with van der Waals surface area (Å²) in [4.78, 5) is 14.7. The Morgan fingerprint density at radius 2 is 2.05 bits per heavy atom. The minimum Gasteiger partial charge on any atom is -0.338 e. The predicted octanol–water partition coefficient (Wildman–Crippen LogP) is 1.32. The molecule has 2 atom stereocenters. The first kappa shape index (κ1) is 11.5. The van der Waals surface area contributed by atoms with Gasteiger partial charge in [-0.25, -0.2) is 0 Å². The van der Waals surface area contributed by atoms with Crippen molar-refractivity contribution in [3.8, 4) is 0 Å². The number of carbonyl (C=O) groups is 1. The van der Waals surface area contributed by atoms with Gasteiger partial charge in [0.25, 0.3) is 5.91 Å². The first-order valence-corrected chi connectivity index (χ1v) is 7.27. The van der Waals surface area contributed by atoms with Crippen LogP contribution in [0.4, 0.5) is 0 Å². The minimum absolute atomic E-state index is 0.233. The quantitative estimate of drug-likeness (QED) is 0.826. The third kappa shape index (κ3) is 1.52. The Morgan fingerprint density at radius 1 is 1.32 bits per heavy atom. The van der Waals surface area contributed by atoms with Gasteiger partial charge in [0.2, 0.25) is 0 Å². The summed E-state index contributed by atoms with van der Waals surface area (Å²) in [6.45, 7) is 9.32. The lowest BCUT2D eigenvalue weighted by Crippen LogP contribution is -2.36. The molecule has 3 heterocycles. The Hall–Kier alpha value is -1.29. The van der Waals surface area contributed by atoms with Gasteiger partial charge in [-0.3, -0.25) is 4.79 Å². The summed E-state index contributed by atoms with van der Waals surface area (Å²) >= 11 is 0. The lowest BCUT2D eigenvalue weighted by Gasteiger charge is -2.24. The third-order valence-electron chi connectivity index (χ3n) is 5.52. The summed E-state index contributed by atoms with van der Waals surface area (Å²) < 4.78 is 2.19. The van der Waals surface area contributed by atoms with Crippen LogP contribution in [0.25, 0.3) is 0 Å². The Labute approximate surface area is 113 Å². The molecule has 3 aliphatic rings. The highest BCUT2D eigenvalue weighted by Gasteiger charge is 2.62. The van der Waals surface area contributed by atoms with E-state index in [0.29, 0.717) is 5.41 Å². The fourth-order valence-electron chi connectivity index (χ4n) is 3.98. The molecule has 1 amide bonds. The maximum absolute atomic E-state index is 12.6. The van der Waals surface area contributed by atoms with Crippen LogP contribution in [0.15, 0.2) is 12.1 Å². The topological polar surface area (TPSA) is 37.3 Å². The summed E-state index contributed by atoms with van der Waals surface area (Å²) in [5.41, 5.74) is 2.59. The monoisotopic (exact) mass is 259 g/mol. The van der Waals surface area contributed by atoms with Crippen molar-refractivity contribution >= 4 is 5.91 Å². The van der Waals surface area contributed by atoms with E-state index in [-0.39, 0.29) is 5.91 Å². The van der Waals surface area contributed by atoms with Gasteiger partial charge in [0.15, 0.2) is 0 Å². The number of piperidine rings is 1. The molecule has 0 bridgehead atoms. The number of likely N-dealkylation sites (tertiary alicyclic amines) is 1.